The van der Waals surface area contributed by atoms with Gasteiger partial charge in [-0.15, -0.1) is 0 Å². The van der Waals surface area contributed by atoms with Gasteiger partial charge in [-0.1, -0.05) is 110 Å². The number of ketones is 1. The molecular formula is C45H84N8O21S6+4. The molecular weight excluding hydrogens is 1180 g/mol. The summed E-state index contributed by atoms with van der Waals surface area (Å²) in [6.45, 7) is 20.6. The summed E-state index contributed by atoms with van der Waals surface area (Å²) in [6.07, 6.45) is 0. The van der Waals surface area contributed by atoms with E-state index in [4.69, 9.17) is 30.6 Å². The van der Waals surface area contributed by atoms with Crippen molar-refractivity contribution in [3.8, 4) is 0 Å². The molecule has 0 aromatic rings. The van der Waals surface area contributed by atoms with Crippen molar-refractivity contribution in [2.45, 2.75) is 138 Å². The fourth-order valence-electron chi connectivity index (χ4n) is 3.37. The van der Waals surface area contributed by atoms with E-state index < -0.39 is 95.7 Å². The van der Waals surface area contributed by atoms with Gasteiger partial charge in [0.1, 0.15) is 30.0 Å². The zero-order chi connectivity index (χ0) is 64.3. The molecule has 4 amide bonds. The minimum atomic E-state index is -1.16. The third-order valence-corrected chi connectivity index (χ3v) is 15.6. The lowest BCUT2D eigenvalue weighted by atomic mass is 10.1. The topological polar surface area (TPSA) is 536 Å². The molecule has 0 aromatic heterocycles. The first-order chi connectivity index (χ1) is 36.5. The molecule has 8 atom stereocenters. The highest BCUT2D eigenvalue weighted by atomic mass is 33.1. The van der Waals surface area contributed by atoms with Crippen LogP contribution in [0.2, 0.25) is 0 Å². The molecule has 0 heterocycles. The van der Waals surface area contributed by atoms with Crippen molar-refractivity contribution in [2.24, 2.45) is 17.8 Å². The van der Waals surface area contributed by atoms with E-state index in [2.05, 4.69) is 44.2 Å². The fourth-order valence-corrected chi connectivity index (χ4v) is 9.05. The number of aliphatic carboxylic acids is 6. The van der Waals surface area contributed by atoms with E-state index in [-0.39, 0.29) is 90.6 Å². The molecule has 0 fully saturated rings. The molecule has 0 spiro atoms. The van der Waals surface area contributed by atoms with Gasteiger partial charge in [-0.2, -0.15) is 0 Å². The molecule has 0 rings (SSSR count). The zero-order valence-corrected chi connectivity index (χ0v) is 52.1. The standard InChI is InChI=1S/C10H16N2O6S2.C9H15NO4S.C8H14N2O4S.C7H13NO3S.C6H12N2O3S.C5H10O/c1-5(13)11-7(9(15)16)3-19-20-4-8(10(17)18)12-6(2)14;1-5(2)9(14)15-4-7(8(12)13)10-6(3)11;1-4(9)8(14)15-3-6(7(12)13)10-5(2)11;1-4(2)7(11)12-3-5(8)6(9)10;1-3(7)6(11)12-2-4(8)5(9)10;1-4(2)5(3)6/h7-8H,3-4H2,1-2H3,(H,11,13)(H,12,14)(H,15,16)(H,17,18);5,7H,4H2,1-3H3,(H,10,11)(H,12,13);4,6H,3,9H2,1-2H3,(H,10,11)(H,12,13);4-5H,3,8H2,1-2H3,(H,9,10);3-4H,2,7-8H2,1H3,(H,9,10);4H,1-3H3/p+4. The fraction of sp³-hybridized carbons (Fsp3) is 0.667. The van der Waals surface area contributed by atoms with Crippen molar-refractivity contribution in [1.82, 2.24) is 21.3 Å². The van der Waals surface area contributed by atoms with Gasteiger partial charge in [-0.25, -0.2) is 28.8 Å². The molecule has 29 nitrogen and oxygen atoms in total. The number of Topliss-reactive ketones (excluding diaryl/α,β-unsaturated/α-hetero) is 1. The lowest BCUT2D eigenvalue weighted by molar-refractivity contribution is -0.400. The number of carboxylic acids is 6. The van der Waals surface area contributed by atoms with E-state index in [0.29, 0.717) is 0 Å². The average Bonchev–Trinajstić information content (AvgIpc) is 3.32. The summed E-state index contributed by atoms with van der Waals surface area (Å²) in [4.78, 5) is 161. The van der Waals surface area contributed by atoms with Gasteiger partial charge >= 0.3 is 35.8 Å². The van der Waals surface area contributed by atoms with Crippen LogP contribution in [0.4, 0.5) is 0 Å². The van der Waals surface area contributed by atoms with Crippen LogP contribution in [0.25, 0.3) is 0 Å². The average molecular weight is 1270 g/mol. The first-order valence-corrected chi connectivity index (χ1v) is 30.1. The van der Waals surface area contributed by atoms with Crippen LogP contribution in [0.15, 0.2) is 0 Å². The van der Waals surface area contributed by atoms with Gasteiger partial charge in [0.05, 0.1) is 11.5 Å². The maximum Gasteiger partial charge on any atom is 0.363 e. The first-order valence-electron chi connectivity index (χ1n) is 23.7. The van der Waals surface area contributed by atoms with Crippen molar-refractivity contribution in [1.29, 1.82) is 0 Å². The van der Waals surface area contributed by atoms with E-state index in [0.717, 1.165) is 68.6 Å². The summed E-state index contributed by atoms with van der Waals surface area (Å²) in [5, 5.41) is 60.7. The summed E-state index contributed by atoms with van der Waals surface area (Å²) < 4.78 is 0. The van der Waals surface area contributed by atoms with Crippen molar-refractivity contribution in [3.05, 3.63) is 0 Å². The Morgan fingerprint density at radius 1 is 0.325 bits per heavy atom. The molecule has 0 bridgehead atoms. The Kier molecular flexibility index (Phi) is 53.7. The number of rotatable bonds is 28. The Morgan fingerprint density at radius 3 is 0.700 bits per heavy atom. The molecule has 462 valence electrons. The van der Waals surface area contributed by atoms with Crippen LogP contribution < -0.4 is 44.2 Å². The van der Waals surface area contributed by atoms with E-state index in [1.165, 1.54) is 27.7 Å². The highest BCUT2D eigenvalue weighted by molar-refractivity contribution is 8.76. The van der Waals surface area contributed by atoms with Crippen LogP contribution in [-0.2, 0) is 71.9 Å². The molecule has 0 saturated carbocycles. The molecule has 0 radical (unpaired) electrons. The number of quaternary nitrogens is 4. The number of thioether (sulfide) groups is 4. The van der Waals surface area contributed by atoms with E-state index in [1.807, 2.05) is 13.8 Å². The van der Waals surface area contributed by atoms with Crippen molar-refractivity contribution in [3.63, 3.8) is 0 Å². The van der Waals surface area contributed by atoms with Gasteiger partial charge in [0.25, 0.3) is 0 Å². The van der Waals surface area contributed by atoms with Crippen LogP contribution in [0, 0.1) is 17.8 Å². The molecule has 80 heavy (non-hydrogen) atoms. The van der Waals surface area contributed by atoms with Gasteiger partial charge in [-0.05, 0) is 20.8 Å². The summed E-state index contributed by atoms with van der Waals surface area (Å²) in [5.74, 6) is -7.28. The highest BCUT2D eigenvalue weighted by Crippen LogP contribution is 2.23. The number of hydrogen-bond donors (Lipinski definition) is 14. The lowest BCUT2D eigenvalue weighted by Gasteiger charge is -2.14. The molecule has 0 aromatic carbocycles. The maximum atomic E-state index is 11.2. The van der Waals surface area contributed by atoms with E-state index >= 15 is 0 Å². The van der Waals surface area contributed by atoms with Crippen molar-refractivity contribution in [2.75, 3.05) is 34.5 Å². The monoisotopic (exact) mass is 1260 g/mol. The Balaban J connectivity index is -0.000000211. The second kappa shape index (κ2) is 49.8. The third-order valence-electron chi connectivity index (χ3n) is 8.15. The summed E-state index contributed by atoms with van der Waals surface area (Å²) in [5.41, 5.74) is 13.8. The van der Waals surface area contributed by atoms with Crippen molar-refractivity contribution >= 4 is 154 Å². The van der Waals surface area contributed by atoms with E-state index in [9.17, 15) is 71.9 Å². The summed E-state index contributed by atoms with van der Waals surface area (Å²) in [6, 6.07) is -6.21. The van der Waals surface area contributed by atoms with Crippen LogP contribution in [0.5, 0.6) is 0 Å². The maximum absolute atomic E-state index is 11.2. The Hall–Kier alpha value is -5.01. The second-order valence-corrected chi connectivity index (χ2v) is 24.1. The summed E-state index contributed by atoms with van der Waals surface area (Å²) in [7, 11) is 2.22. The Labute approximate surface area is 489 Å². The van der Waals surface area contributed by atoms with Gasteiger partial charge < -0.3 is 74.8 Å². The number of carbonyl (C=O) groups excluding carboxylic acids is 9. The predicted octanol–water partition coefficient (Wildman–Crippen LogP) is -3.10. The highest BCUT2D eigenvalue weighted by Gasteiger charge is 2.25. The van der Waals surface area contributed by atoms with Crippen molar-refractivity contribution < 1.29 is 125 Å². The van der Waals surface area contributed by atoms with Gasteiger partial charge in [0.15, 0.2) is 34.4 Å². The first kappa shape index (κ1) is 86.3. The molecule has 8 unspecified atom stereocenters. The molecule has 22 N–H and O–H groups in total. The molecule has 0 aliphatic rings. The molecule has 0 aliphatic heterocycles. The molecule has 0 aliphatic carbocycles. The molecule has 0 saturated heterocycles. The largest absolute Gasteiger partial charge is 0.480 e. The molecule has 35 heteroatoms. The summed E-state index contributed by atoms with van der Waals surface area (Å²) >= 11 is 3.81. The SMILES string of the molecule is CC(=O)C(C)C.CC(=O)NC(CSC(=O)C(C)C)C(=O)O.CC(=O)NC(CSC(=O)C(C)[NH3+])C(=O)O.CC(=O)NC(CSSCC(NC(C)=O)C(=O)O)C(=O)O.CC(C)C(=O)SCC([NH3+])C(=O)O.CC([NH3+])C(=O)SCC([NH3+])C(=O)O. The zero-order valence-electron chi connectivity index (χ0n) is 47.2. The van der Waals surface area contributed by atoms with Crippen LogP contribution in [0.1, 0.15) is 90.0 Å². The minimum Gasteiger partial charge on any atom is -0.480 e. The number of nitrogens with one attached hydrogen (secondary N) is 4. The quantitative estimate of drug-likeness (QED) is 0.0273. The minimum absolute atomic E-state index is 0.0184. The number of carboxylic acid groups (broad SMARTS) is 6. The Bertz CT molecular complexity index is 1910. The van der Waals surface area contributed by atoms with Gasteiger partial charge in [0.2, 0.25) is 33.9 Å². The third kappa shape index (κ3) is 56.3. The van der Waals surface area contributed by atoms with Crippen LogP contribution >= 0.6 is 68.6 Å². The number of amides is 4. The second-order valence-electron chi connectivity index (χ2n) is 17.4. The Morgan fingerprint density at radius 2 is 0.525 bits per heavy atom. The predicted molar refractivity (Wildman–Crippen MR) is 304 cm³/mol. The number of hydrogen-bond acceptors (Lipinski definition) is 21. The van der Waals surface area contributed by atoms with Crippen LogP contribution in [0.3, 0.4) is 0 Å². The lowest BCUT2D eigenvalue weighted by Crippen LogP contribution is -2.67. The smallest absolute Gasteiger partial charge is 0.363 e. The number of carbonyl (C=O) groups is 15. The van der Waals surface area contributed by atoms with Gasteiger partial charge in [-0.3, -0.25) is 43.2 Å². The van der Waals surface area contributed by atoms with E-state index in [1.54, 1.807) is 48.5 Å². The van der Waals surface area contributed by atoms with Crippen LogP contribution in [-0.4, -0.2) is 199 Å². The normalized spacial score (nSPS) is 13.2. The van der Waals surface area contributed by atoms with Gasteiger partial charge in [0, 0.05) is 68.5 Å².